The summed E-state index contributed by atoms with van der Waals surface area (Å²) >= 11 is 0. The standard InChI is InChI=1S/C14H21N3O5S/c1-9(2)5-12(14(19)20)17-13(18)10(6-15)7-16-11-3-4-23(21,22)8-11/h7,9,11-12,16H,3-5,8H2,1-2H3,(H,17,18)(H,19,20)/b10-7-. The first-order chi connectivity index (χ1) is 10.6. The van der Waals surface area contributed by atoms with Gasteiger partial charge in [0, 0.05) is 12.2 Å². The number of carboxylic acids is 1. The second kappa shape index (κ2) is 7.97. The van der Waals surface area contributed by atoms with Crippen LogP contribution in [0.1, 0.15) is 26.7 Å². The number of aliphatic carboxylic acids is 1. The lowest BCUT2D eigenvalue weighted by Crippen LogP contribution is -2.42. The van der Waals surface area contributed by atoms with Gasteiger partial charge in [0.2, 0.25) is 0 Å². The number of sulfone groups is 1. The zero-order valence-corrected chi connectivity index (χ0v) is 13.9. The van der Waals surface area contributed by atoms with Crippen LogP contribution in [-0.2, 0) is 19.4 Å². The Labute approximate surface area is 135 Å². The monoisotopic (exact) mass is 343 g/mol. The van der Waals surface area contributed by atoms with Crippen molar-refractivity contribution in [3.63, 3.8) is 0 Å². The number of amides is 1. The van der Waals surface area contributed by atoms with Crippen molar-refractivity contribution in [1.82, 2.24) is 10.6 Å². The summed E-state index contributed by atoms with van der Waals surface area (Å²) in [6.45, 7) is 3.65. The molecule has 0 aromatic rings. The molecule has 3 N–H and O–H groups in total. The van der Waals surface area contributed by atoms with Gasteiger partial charge in [0.15, 0.2) is 9.84 Å². The Morgan fingerprint density at radius 2 is 2.09 bits per heavy atom. The summed E-state index contributed by atoms with van der Waals surface area (Å²) in [4.78, 5) is 23.1. The van der Waals surface area contributed by atoms with Crippen molar-refractivity contribution < 1.29 is 23.1 Å². The van der Waals surface area contributed by atoms with Crippen LogP contribution in [0.5, 0.6) is 0 Å². The second-order valence-electron chi connectivity index (χ2n) is 5.93. The van der Waals surface area contributed by atoms with Crippen LogP contribution < -0.4 is 10.6 Å². The third-order valence-corrected chi connectivity index (χ3v) is 5.14. The molecule has 2 atom stereocenters. The summed E-state index contributed by atoms with van der Waals surface area (Å²) in [6.07, 6.45) is 1.80. The minimum atomic E-state index is -3.07. The first-order valence-electron chi connectivity index (χ1n) is 7.25. The summed E-state index contributed by atoms with van der Waals surface area (Å²) in [7, 11) is -3.07. The van der Waals surface area contributed by atoms with Gasteiger partial charge in [-0.3, -0.25) is 4.79 Å². The Kier molecular flexibility index (Phi) is 6.57. The predicted molar refractivity (Wildman–Crippen MR) is 82.9 cm³/mol. The molecule has 0 spiro atoms. The molecular weight excluding hydrogens is 322 g/mol. The number of rotatable bonds is 7. The Hall–Kier alpha value is -2.08. The molecule has 8 nitrogen and oxygen atoms in total. The van der Waals surface area contributed by atoms with E-state index < -0.39 is 27.8 Å². The molecule has 1 aliphatic heterocycles. The van der Waals surface area contributed by atoms with Crippen LogP contribution in [0.25, 0.3) is 0 Å². The van der Waals surface area contributed by atoms with Gasteiger partial charge in [0.1, 0.15) is 17.7 Å². The summed E-state index contributed by atoms with van der Waals surface area (Å²) in [5.74, 6) is -1.88. The van der Waals surface area contributed by atoms with Gasteiger partial charge in [-0.2, -0.15) is 5.26 Å². The number of nitriles is 1. The van der Waals surface area contributed by atoms with E-state index in [-0.39, 0.29) is 35.5 Å². The van der Waals surface area contributed by atoms with Gasteiger partial charge in [-0.05, 0) is 18.8 Å². The maximum atomic E-state index is 12.0. The molecule has 2 unspecified atom stereocenters. The average molecular weight is 343 g/mol. The molecule has 23 heavy (non-hydrogen) atoms. The highest BCUT2D eigenvalue weighted by molar-refractivity contribution is 7.91. The highest BCUT2D eigenvalue weighted by Gasteiger charge is 2.27. The molecule has 1 amide bonds. The van der Waals surface area contributed by atoms with E-state index in [1.165, 1.54) is 0 Å². The molecule has 1 saturated heterocycles. The van der Waals surface area contributed by atoms with E-state index in [9.17, 15) is 18.0 Å². The third kappa shape index (κ3) is 6.28. The van der Waals surface area contributed by atoms with E-state index in [1.54, 1.807) is 6.07 Å². The molecule has 1 rings (SSSR count). The van der Waals surface area contributed by atoms with Crippen LogP contribution in [-0.4, -0.2) is 49.0 Å². The quantitative estimate of drug-likeness (QED) is 0.429. The molecule has 128 valence electrons. The molecule has 1 aliphatic rings. The molecule has 0 aliphatic carbocycles. The maximum absolute atomic E-state index is 12.0. The second-order valence-corrected chi connectivity index (χ2v) is 8.16. The van der Waals surface area contributed by atoms with Crippen molar-refractivity contribution in [2.75, 3.05) is 11.5 Å². The van der Waals surface area contributed by atoms with Gasteiger partial charge in [-0.1, -0.05) is 13.8 Å². The molecule has 0 bridgehead atoms. The molecule has 9 heteroatoms. The van der Waals surface area contributed by atoms with Crippen LogP contribution in [0.3, 0.4) is 0 Å². The van der Waals surface area contributed by atoms with Crippen molar-refractivity contribution in [3.8, 4) is 6.07 Å². The number of carboxylic acid groups (broad SMARTS) is 1. The number of carbonyl (C=O) groups is 2. The number of nitrogens with one attached hydrogen (secondary N) is 2. The first-order valence-corrected chi connectivity index (χ1v) is 9.07. The van der Waals surface area contributed by atoms with Crippen molar-refractivity contribution in [2.45, 2.75) is 38.8 Å². The van der Waals surface area contributed by atoms with Crippen LogP contribution in [0, 0.1) is 17.2 Å². The lowest BCUT2D eigenvalue weighted by atomic mass is 10.0. The minimum Gasteiger partial charge on any atom is -0.480 e. The minimum absolute atomic E-state index is 0.0467. The van der Waals surface area contributed by atoms with E-state index >= 15 is 0 Å². The predicted octanol–water partition coefficient (Wildman–Crippen LogP) is -0.214. The van der Waals surface area contributed by atoms with E-state index in [1.807, 2.05) is 13.8 Å². The summed E-state index contributed by atoms with van der Waals surface area (Å²) in [5, 5.41) is 23.2. The Morgan fingerprint density at radius 3 is 2.52 bits per heavy atom. The fourth-order valence-electron chi connectivity index (χ4n) is 2.21. The van der Waals surface area contributed by atoms with Crippen LogP contribution in [0.4, 0.5) is 0 Å². The van der Waals surface area contributed by atoms with Crippen LogP contribution >= 0.6 is 0 Å². The SMILES string of the molecule is CC(C)CC(NC(=O)/C(C#N)=C\NC1CCS(=O)(=O)C1)C(=O)O. The lowest BCUT2D eigenvalue weighted by Gasteiger charge is -2.16. The molecule has 0 aromatic carbocycles. The van der Waals surface area contributed by atoms with Gasteiger partial charge >= 0.3 is 5.97 Å². The highest BCUT2D eigenvalue weighted by Crippen LogP contribution is 2.11. The topological polar surface area (TPSA) is 136 Å². The van der Waals surface area contributed by atoms with Crippen molar-refractivity contribution >= 4 is 21.7 Å². The lowest BCUT2D eigenvalue weighted by molar-refractivity contribution is -0.141. The van der Waals surface area contributed by atoms with Crippen LogP contribution in [0.15, 0.2) is 11.8 Å². The Morgan fingerprint density at radius 1 is 1.43 bits per heavy atom. The molecule has 0 saturated carbocycles. The van der Waals surface area contributed by atoms with Crippen molar-refractivity contribution in [1.29, 1.82) is 5.26 Å². The van der Waals surface area contributed by atoms with E-state index in [0.717, 1.165) is 6.20 Å². The fourth-order valence-corrected chi connectivity index (χ4v) is 3.89. The molecular formula is C14H21N3O5S. The third-order valence-electron chi connectivity index (χ3n) is 3.37. The smallest absolute Gasteiger partial charge is 0.326 e. The highest BCUT2D eigenvalue weighted by atomic mass is 32.2. The summed E-state index contributed by atoms with van der Waals surface area (Å²) in [5.41, 5.74) is -0.288. The molecule has 1 heterocycles. The first kappa shape index (κ1) is 19.0. The van der Waals surface area contributed by atoms with Gasteiger partial charge in [0.25, 0.3) is 5.91 Å². The van der Waals surface area contributed by atoms with Crippen LogP contribution in [0.2, 0.25) is 0 Å². The van der Waals surface area contributed by atoms with Gasteiger partial charge in [-0.15, -0.1) is 0 Å². The van der Waals surface area contributed by atoms with Crippen molar-refractivity contribution in [2.24, 2.45) is 5.92 Å². The Bertz CT molecular complexity index is 633. The maximum Gasteiger partial charge on any atom is 0.326 e. The van der Waals surface area contributed by atoms with E-state index in [2.05, 4.69) is 10.6 Å². The molecule has 0 radical (unpaired) electrons. The number of hydrogen-bond acceptors (Lipinski definition) is 6. The zero-order valence-electron chi connectivity index (χ0n) is 13.1. The summed E-state index contributed by atoms with van der Waals surface area (Å²) < 4.78 is 22.7. The average Bonchev–Trinajstić information content (AvgIpc) is 2.77. The number of hydrogen-bond donors (Lipinski definition) is 3. The molecule has 0 aromatic heterocycles. The van der Waals surface area contributed by atoms with E-state index in [0.29, 0.717) is 6.42 Å². The largest absolute Gasteiger partial charge is 0.480 e. The molecule has 1 fully saturated rings. The van der Waals surface area contributed by atoms with Gasteiger partial charge in [-0.25, -0.2) is 13.2 Å². The van der Waals surface area contributed by atoms with E-state index in [4.69, 9.17) is 10.4 Å². The normalized spacial score (nSPS) is 21.5. The fraction of sp³-hybridized carbons (Fsp3) is 0.643. The zero-order chi connectivity index (χ0) is 17.6. The van der Waals surface area contributed by atoms with Gasteiger partial charge in [0.05, 0.1) is 11.5 Å². The van der Waals surface area contributed by atoms with Gasteiger partial charge < -0.3 is 15.7 Å². The Balaban J connectivity index is 2.69. The number of nitrogens with zero attached hydrogens (tertiary/aromatic N) is 1. The number of carbonyl (C=O) groups excluding carboxylic acids is 1. The van der Waals surface area contributed by atoms with Crippen molar-refractivity contribution in [3.05, 3.63) is 11.8 Å². The summed E-state index contributed by atoms with van der Waals surface area (Å²) in [6, 6.07) is 0.265.